The lowest BCUT2D eigenvalue weighted by Crippen LogP contribution is -2.18. The summed E-state index contributed by atoms with van der Waals surface area (Å²) < 4.78 is 5.94. The molecule has 2 rings (SSSR count). The molecule has 0 aliphatic rings. The normalized spacial score (nSPS) is 12.2. The topological polar surface area (TPSA) is 48.1 Å². The molecule has 1 atom stereocenters. The quantitative estimate of drug-likeness (QED) is 0.907. The number of rotatable bonds is 5. The molecule has 3 heteroatoms. The first-order valence-corrected chi connectivity index (χ1v) is 6.93. The molecule has 106 valence electrons. The van der Waals surface area contributed by atoms with Crippen LogP contribution < -0.4 is 10.5 Å². The van der Waals surface area contributed by atoms with Gasteiger partial charge in [-0.3, -0.25) is 4.98 Å². The molecule has 0 aliphatic carbocycles. The highest BCUT2D eigenvalue weighted by atomic mass is 16.5. The van der Waals surface area contributed by atoms with Crippen LogP contribution in [0.2, 0.25) is 0 Å². The van der Waals surface area contributed by atoms with Gasteiger partial charge >= 0.3 is 0 Å². The molecule has 0 saturated carbocycles. The highest BCUT2D eigenvalue weighted by molar-refractivity contribution is 5.43. The molecule has 1 heterocycles. The second-order valence-electron chi connectivity index (χ2n) is 5.39. The van der Waals surface area contributed by atoms with Crippen LogP contribution in [-0.4, -0.2) is 11.0 Å². The Morgan fingerprint density at radius 1 is 1.20 bits per heavy atom. The van der Waals surface area contributed by atoms with Crippen LogP contribution in [0.25, 0.3) is 0 Å². The van der Waals surface area contributed by atoms with Gasteiger partial charge in [-0.1, -0.05) is 18.2 Å². The molecule has 0 bridgehead atoms. The van der Waals surface area contributed by atoms with Crippen LogP contribution in [-0.2, 0) is 13.0 Å². The molecule has 0 radical (unpaired) electrons. The Morgan fingerprint density at radius 2 is 1.90 bits per heavy atom. The van der Waals surface area contributed by atoms with E-state index >= 15 is 0 Å². The standard InChI is InChI=1S/C17H22N2O/c1-12-7-16(9-14(3)18)8-13(2)17(12)20-11-15-5-4-6-19-10-15/h4-8,10,14H,9,11,18H2,1-3H3. The maximum absolute atomic E-state index is 5.94. The molecule has 1 aromatic heterocycles. The number of aryl methyl sites for hydroxylation is 2. The zero-order valence-electron chi connectivity index (χ0n) is 12.4. The minimum atomic E-state index is 0.177. The van der Waals surface area contributed by atoms with E-state index in [4.69, 9.17) is 10.5 Å². The van der Waals surface area contributed by atoms with Crippen molar-refractivity contribution in [2.45, 2.75) is 39.8 Å². The van der Waals surface area contributed by atoms with Crippen LogP contribution in [0.3, 0.4) is 0 Å². The number of aromatic nitrogens is 1. The zero-order chi connectivity index (χ0) is 14.5. The van der Waals surface area contributed by atoms with Gasteiger partial charge in [0.15, 0.2) is 0 Å². The lowest BCUT2D eigenvalue weighted by atomic mass is 10.0. The van der Waals surface area contributed by atoms with E-state index in [1.54, 1.807) is 6.20 Å². The Hall–Kier alpha value is -1.87. The predicted molar refractivity (Wildman–Crippen MR) is 81.8 cm³/mol. The van der Waals surface area contributed by atoms with Crippen molar-refractivity contribution in [1.29, 1.82) is 0 Å². The summed E-state index contributed by atoms with van der Waals surface area (Å²) in [5.41, 5.74) is 10.5. The maximum atomic E-state index is 5.94. The molecule has 2 aromatic rings. The number of hydrogen-bond acceptors (Lipinski definition) is 3. The fourth-order valence-corrected chi connectivity index (χ4v) is 2.40. The summed E-state index contributed by atoms with van der Waals surface area (Å²) >= 11 is 0. The van der Waals surface area contributed by atoms with Crippen LogP contribution in [0.1, 0.15) is 29.2 Å². The molecule has 1 aromatic carbocycles. The van der Waals surface area contributed by atoms with E-state index in [0.717, 1.165) is 28.9 Å². The Labute approximate surface area is 120 Å². The summed E-state index contributed by atoms with van der Waals surface area (Å²) in [5.74, 6) is 0.960. The molecule has 0 amide bonds. The van der Waals surface area contributed by atoms with Crippen molar-refractivity contribution in [3.8, 4) is 5.75 Å². The van der Waals surface area contributed by atoms with Crippen molar-refractivity contribution in [3.63, 3.8) is 0 Å². The first-order chi connectivity index (χ1) is 9.56. The monoisotopic (exact) mass is 270 g/mol. The van der Waals surface area contributed by atoms with E-state index in [2.05, 4.69) is 31.0 Å². The average molecular weight is 270 g/mol. The highest BCUT2D eigenvalue weighted by Crippen LogP contribution is 2.26. The summed E-state index contributed by atoms with van der Waals surface area (Å²) in [4.78, 5) is 4.09. The smallest absolute Gasteiger partial charge is 0.125 e. The number of nitrogens with zero attached hydrogens (tertiary/aromatic N) is 1. The Kier molecular flexibility index (Phi) is 4.74. The SMILES string of the molecule is Cc1cc(CC(C)N)cc(C)c1OCc1cccnc1. The molecule has 1 unspecified atom stereocenters. The fourth-order valence-electron chi connectivity index (χ4n) is 2.40. The van der Waals surface area contributed by atoms with Gasteiger partial charge < -0.3 is 10.5 Å². The van der Waals surface area contributed by atoms with Crippen LogP contribution in [0.4, 0.5) is 0 Å². The van der Waals surface area contributed by atoms with Crippen molar-refractivity contribution >= 4 is 0 Å². The van der Waals surface area contributed by atoms with Gasteiger partial charge in [0.1, 0.15) is 12.4 Å². The molecule has 0 aliphatic heterocycles. The lowest BCUT2D eigenvalue weighted by molar-refractivity contribution is 0.301. The minimum Gasteiger partial charge on any atom is -0.488 e. The minimum absolute atomic E-state index is 0.177. The summed E-state index contributed by atoms with van der Waals surface area (Å²) in [6.45, 7) is 6.73. The fraction of sp³-hybridized carbons (Fsp3) is 0.353. The molecule has 0 spiro atoms. The summed E-state index contributed by atoms with van der Waals surface area (Å²) in [6.07, 6.45) is 4.49. The third kappa shape index (κ3) is 3.81. The second-order valence-corrected chi connectivity index (χ2v) is 5.39. The van der Waals surface area contributed by atoms with Crippen LogP contribution in [0, 0.1) is 13.8 Å². The van der Waals surface area contributed by atoms with Crippen molar-refractivity contribution in [3.05, 3.63) is 58.9 Å². The first kappa shape index (κ1) is 14.5. The Bertz CT molecular complexity index is 541. The van der Waals surface area contributed by atoms with E-state index in [-0.39, 0.29) is 6.04 Å². The van der Waals surface area contributed by atoms with Crippen molar-refractivity contribution in [2.24, 2.45) is 5.73 Å². The van der Waals surface area contributed by atoms with E-state index in [9.17, 15) is 0 Å². The van der Waals surface area contributed by atoms with Crippen molar-refractivity contribution in [1.82, 2.24) is 4.98 Å². The second kappa shape index (κ2) is 6.53. The van der Waals surface area contributed by atoms with Crippen LogP contribution in [0.15, 0.2) is 36.7 Å². The number of ether oxygens (including phenoxy) is 1. The molecule has 20 heavy (non-hydrogen) atoms. The van der Waals surface area contributed by atoms with Crippen molar-refractivity contribution in [2.75, 3.05) is 0 Å². The highest BCUT2D eigenvalue weighted by Gasteiger charge is 2.08. The number of nitrogens with two attached hydrogens (primary N) is 1. The van der Waals surface area contributed by atoms with Gasteiger partial charge in [-0.25, -0.2) is 0 Å². The third-order valence-corrected chi connectivity index (χ3v) is 3.18. The molecular weight excluding hydrogens is 248 g/mol. The summed E-state index contributed by atoms with van der Waals surface area (Å²) in [5, 5.41) is 0. The lowest BCUT2D eigenvalue weighted by Gasteiger charge is -2.15. The molecular formula is C17H22N2O. The van der Waals surface area contributed by atoms with Gasteiger partial charge in [0.2, 0.25) is 0 Å². The van der Waals surface area contributed by atoms with E-state index in [1.807, 2.05) is 25.3 Å². The zero-order valence-corrected chi connectivity index (χ0v) is 12.4. The molecule has 0 fully saturated rings. The van der Waals surface area contributed by atoms with E-state index < -0.39 is 0 Å². The third-order valence-electron chi connectivity index (χ3n) is 3.18. The Morgan fingerprint density at radius 3 is 2.45 bits per heavy atom. The Balaban J connectivity index is 2.12. The van der Waals surface area contributed by atoms with Gasteiger partial charge in [-0.15, -0.1) is 0 Å². The predicted octanol–water partition coefficient (Wildman–Crippen LogP) is 3.17. The van der Waals surface area contributed by atoms with E-state index in [1.165, 1.54) is 5.56 Å². The van der Waals surface area contributed by atoms with Gasteiger partial charge in [0.25, 0.3) is 0 Å². The van der Waals surface area contributed by atoms with Gasteiger partial charge in [0, 0.05) is 24.0 Å². The maximum Gasteiger partial charge on any atom is 0.125 e. The summed E-state index contributed by atoms with van der Waals surface area (Å²) in [7, 11) is 0. The molecule has 3 nitrogen and oxygen atoms in total. The average Bonchev–Trinajstić information content (AvgIpc) is 2.38. The number of pyridine rings is 1. The number of hydrogen-bond donors (Lipinski definition) is 1. The molecule has 0 saturated heterocycles. The van der Waals surface area contributed by atoms with Crippen LogP contribution >= 0.6 is 0 Å². The molecule has 2 N–H and O–H groups in total. The largest absolute Gasteiger partial charge is 0.488 e. The van der Waals surface area contributed by atoms with Gasteiger partial charge in [-0.05, 0) is 49.9 Å². The van der Waals surface area contributed by atoms with Crippen molar-refractivity contribution < 1.29 is 4.74 Å². The van der Waals surface area contributed by atoms with E-state index in [0.29, 0.717) is 6.61 Å². The summed E-state index contributed by atoms with van der Waals surface area (Å²) in [6, 6.07) is 8.44. The number of benzene rings is 1. The first-order valence-electron chi connectivity index (χ1n) is 6.93. The van der Waals surface area contributed by atoms with Gasteiger partial charge in [-0.2, -0.15) is 0 Å². The van der Waals surface area contributed by atoms with Gasteiger partial charge in [0.05, 0.1) is 0 Å². The van der Waals surface area contributed by atoms with Crippen LogP contribution in [0.5, 0.6) is 5.75 Å².